The maximum atomic E-state index is 12.6. The van der Waals surface area contributed by atoms with Crippen molar-refractivity contribution in [1.82, 2.24) is 20.5 Å². The van der Waals surface area contributed by atoms with Gasteiger partial charge in [-0.1, -0.05) is 24.3 Å². The minimum Gasteiger partial charge on any atom is -0.361 e. The Bertz CT molecular complexity index is 950. The number of thiophene rings is 1. The monoisotopic (exact) mass is 382 g/mol. The topological polar surface area (TPSA) is 77.2 Å². The van der Waals surface area contributed by atoms with Gasteiger partial charge in [0.25, 0.3) is 0 Å². The Balaban J connectivity index is 1.54. The number of imide groups is 1. The number of rotatable bonds is 6. The van der Waals surface area contributed by atoms with E-state index in [1.54, 1.807) is 11.3 Å². The van der Waals surface area contributed by atoms with Crippen LogP contribution in [0.25, 0.3) is 10.9 Å². The van der Waals surface area contributed by atoms with Gasteiger partial charge in [-0.25, -0.2) is 4.79 Å². The fourth-order valence-corrected chi connectivity index (χ4v) is 4.38. The van der Waals surface area contributed by atoms with E-state index in [2.05, 4.69) is 45.4 Å². The molecule has 6 nitrogen and oxygen atoms in total. The molecule has 2 atom stereocenters. The van der Waals surface area contributed by atoms with Gasteiger partial charge < -0.3 is 15.6 Å². The smallest absolute Gasteiger partial charge is 0.324 e. The zero-order valence-electron chi connectivity index (χ0n) is 15.1. The highest BCUT2D eigenvalue weighted by molar-refractivity contribution is 7.10. The number of benzene rings is 1. The summed E-state index contributed by atoms with van der Waals surface area (Å²) in [5, 5.41) is 9.27. The second-order valence-electron chi connectivity index (χ2n) is 6.71. The summed E-state index contributed by atoms with van der Waals surface area (Å²) in [5.41, 5.74) is 2.31. The Kier molecular flexibility index (Phi) is 4.96. The molecule has 1 saturated heterocycles. The molecule has 0 aliphatic carbocycles. The van der Waals surface area contributed by atoms with Crippen LogP contribution in [0.3, 0.4) is 0 Å². The number of nitrogens with one attached hydrogen (secondary N) is 3. The van der Waals surface area contributed by atoms with Crippen LogP contribution in [0.15, 0.2) is 48.0 Å². The van der Waals surface area contributed by atoms with Crippen molar-refractivity contribution in [2.75, 3.05) is 19.6 Å². The minimum atomic E-state index is -0.429. The van der Waals surface area contributed by atoms with Crippen molar-refractivity contribution in [3.63, 3.8) is 0 Å². The van der Waals surface area contributed by atoms with Crippen molar-refractivity contribution in [1.29, 1.82) is 0 Å². The van der Waals surface area contributed by atoms with Crippen LogP contribution in [0.1, 0.15) is 23.3 Å². The van der Waals surface area contributed by atoms with Crippen molar-refractivity contribution < 1.29 is 9.59 Å². The number of para-hydroxylation sites is 1. The van der Waals surface area contributed by atoms with Gasteiger partial charge in [0.15, 0.2) is 0 Å². The molecule has 3 amide bonds. The van der Waals surface area contributed by atoms with E-state index < -0.39 is 6.04 Å². The molecule has 1 aromatic carbocycles. The van der Waals surface area contributed by atoms with Crippen molar-refractivity contribution in [2.45, 2.75) is 18.9 Å². The number of carbonyl (C=O) groups is 2. The third-order valence-electron chi connectivity index (χ3n) is 5.00. The predicted octanol–water partition coefficient (Wildman–Crippen LogP) is 2.89. The molecule has 3 aromatic rings. The van der Waals surface area contributed by atoms with Crippen LogP contribution in [0, 0.1) is 0 Å². The predicted molar refractivity (Wildman–Crippen MR) is 107 cm³/mol. The summed E-state index contributed by atoms with van der Waals surface area (Å²) in [6.45, 7) is 3.38. The first-order valence-electron chi connectivity index (χ1n) is 9.07. The molecule has 1 aliphatic heterocycles. The third kappa shape index (κ3) is 3.48. The summed E-state index contributed by atoms with van der Waals surface area (Å²) in [6.07, 6.45) is 2.05. The van der Waals surface area contributed by atoms with Gasteiger partial charge in [0.1, 0.15) is 0 Å². The van der Waals surface area contributed by atoms with Crippen LogP contribution in [0.2, 0.25) is 0 Å². The number of H-pyrrole nitrogens is 1. The molecular formula is C20H22N4O2S. The normalized spacial score (nSPS) is 16.5. The number of carbonyl (C=O) groups excluding carboxylic acids is 2. The highest BCUT2D eigenvalue weighted by Crippen LogP contribution is 2.32. The van der Waals surface area contributed by atoms with E-state index in [-0.39, 0.29) is 17.9 Å². The lowest BCUT2D eigenvalue weighted by Gasteiger charge is -2.22. The van der Waals surface area contributed by atoms with Gasteiger partial charge in [-0.2, -0.15) is 0 Å². The third-order valence-corrected chi connectivity index (χ3v) is 5.99. The highest BCUT2D eigenvalue weighted by Gasteiger charge is 2.30. The number of urea groups is 1. The molecule has 0 bridgehead atoms. The molecule has 0 spiro atoms. The van der Waals surface area contributed by atoms with Gasteiger partial charge in [0.05, 0.1) is 6.04 Å². The number of aromatic nitrogens is 1. The lowest BCUT2D eigenvalue weighted by atomic mass is 9.96. The lowest BCUT2D eigenvalue weighted by Crippen LogP contribution is -2.47. The lowest BCUT2D eigenvalue weighted by molar-refractivity contribution is -0.129. The van der Waals surface area contributed by atoms with E-state index in [0.717, 1.165) is 5.52 Å². The number of nitrogens with zero attached hydrogens (tertiary/aromatic N) is 1. The standard InChI is InChI=1S/C20H22N4O2S/c1-13(19(25)24-9-8-21-20(24)26)22-12-16(18-7-4-10-27-18)15-11-23-17-6-3-2-5-14(15)17/h2-7,10-11,13,16,22-23H,8-9,12H2,1H3,(H,21,26)/t13-,16-/m1/s1. The summed E-state index contributed by atoms with van der Waals surface area (Å²) >= 11 is 1.71. The van der Waals surface area contributed by atoms with E-state index in [4.69, 9.17) is 0 Å². The minimum absolute atomic E-state index is 0.129. The zero-order chi connectivity index (χ0) is 18.8. The van der Waals surface area contributed by atoms with Crippen molar-refractivity contribution >= 4 is 34.2 Å². The van der Waals surface area contributed by atoms with Crippen LogP contribution in [0.4, 0.5) is 4.79 Å². The first kappa shape index (κ1) is 17.8. The number of amides is 3. The van der Waals surface area contributed by atoms with Crippen molar-refractivity contribution in [3.8, 4) is 0 Å². The molecule has 0 unspecified atom stereocenters. The van der Waals surface area contributed by atoms with Gasteiger partial charge >= 0.3 is 6.03 Å². The first-order chi connectivity index (χ1) is 13.1. The van der Waals surface area contributed by atoms with Gasteiger partial charge in [-0.15, -0.1) is 11.3 Å². The fraction of sp³-hybridized carbons (Fsp3) is 0.300. The molecule has 0 radical (unpaired) electrons. The fourth-order valence-electron chi connectivity index (χ4n) is 3.53. The maximum absolute atomic E-state index is 12.6. The first-order valence-corrected chi connectivity index (χ1v) is 9.95. The van der Waals surface area contributed by atoms with Gasteiger partial charge in [0, 0.05) is 47.5 Å². The molecule has 4 rings (SSSR count). The van der Waals surface area contributed by atoms with Crippen molar-refractivity contribution in [3.05, 3.63) is 58.4 Å². The summed E-state index contributed by atoms with van der Waals surface area (Å²) in [7, 11) is 0. The van der Waals surface area contributed by atoms with Crippen LogP contribution in [-0.2, 0) is 4.79 Å². The SMILES string of the molecule is C[C@@H](NC[C@@H](c1cccs1)c1c[nH]c2ccccc12)C(=O)N1CCNC1=O. The average Bonchev–Trinajstić information content (AvgIpc) is 3.42. The van der Waals surface area contributed by atoms with Crippen LogP contribution >= 0.6 is 11.3 Å². The average molecular weight is 382 g/mol. The Morgan fingerprint density at radius 3 is 2.89 bits per heavy atom. The number of hydrogen-bond donors (Lipinski definition) is 3. The van der Waals surface area contributed by atoms with Gasteiger partial charge in [-0.05, 0) is 30.0 Å². The molecule has 1 fully saturated rings. The van der Waals surface area contributed by atoms with Crippen molar-refractivity contribution in [2.24, 2.45) is 0 Å². The molecule has 0 saturated carbocycles. The van der Waals surface area contributed by atoms with Gasteiger partial charge in [0.2, 0.25) is 5.91 Å². The summed E-state index contributed by atoms with van der Waals surface area (Å²) < 4.78 is 0. The molecule has 1 aliphatic rings. The molecule has 140 valence electrons. The summed E-state index contributed by atoms with van der Waals surface area (Å²) in [4.78, 5) is 30.2. The van der Waals surface area contributed by atoms with E-state index >= 15 is 0 Å². The quantitative estimate of drug-likeness (QED) is 0.613. The Morgan fingerprint density at radius 2 is 2.15 bits per heavy atom. The van der Waals surface area contributed by atoms with Crippen LogP contribution in [0.5, 0.6) is 0 Å². The summed E-state index contributed by atoms with van der Waals surface area (Å²) in [5.74, 6) is -0.0577. The molecular weight excluding hydrogens is 360 g/mol. The van der Waals surface area contributed by atoms with E-state index in [9.17, 15) is 9.59 Å². The number of hydrogen-bond acceptors (Lipinski definition) is 4. The Labute approximate surface area is 161 Å². The number of aromatic amines is 1. The highest BCUT2D eigenvalue weighted by atomic mass is 32.1. The Morgan fingerprint density at radius 1 is 1.30 bits per heavy atom. The summed E-state index contributed by atoms with van der Waals surface area (Å²) in [6, 6.07) is 11.7. The second kappa shape index (κ2) is 7.54. The molecule has 27 heavy (non-hydrogen) atoms. The molecule has 2 aromatic heterocycles. The van der Waals surface area contributed by atoms with E-state index in [1.807, 2.05) is 25.1 Å². The Hall–Kier alpha value is -2.64. The largest absolute Gasteiger partial charge is 0.361 e. The second-order valence-corrected chi connectivity index (χ2v) is 7.69. The van der Waals surface area contributed by atoms with E-state index in [1.165, 1.54) is 20.7 Å². The number of fused-ring (bicyclic) bond motifs is 1. The van der Waals surface area contributed by atoms with Gasteiger partial charge in [-0.3, -0.25) is 9.69 Å². The molecule has 3 N–H and O–H groups in total. The van der Waals surface area contributed by atoms with E-state index in [0.29, 0.717) is 19.6 Å². The zero-order valence-corrected chi connectivity index (χ0v) is 15.9. The van der Waals surface area contributed by atoms with Crippen LogP contribution in [-0.4, -0.2) is 47.5 Å². The molecule has 3 heterocycles. The maximum Gasteiger partial charge on any atom is 0.324 e. The molecule has 7 heteroatoms. The van der Waals surface area contributed by atoms with Crippen LogP contribution < -0.4 is 10.6 Å².